The molecule has 5 nitrogen and oxygen atoms in total. The molecule has 22 heavy (non-hydrogen) atoms. The van der Waals surface area contributed by atoms with Gasteiger partial charge in [-0.15, -0.1) is 0 Å². The first-order chi connectivity index (χ1) is 10.3. The van der Waals surface area contributed by atoms with Crippen LogP contribution in [0.1, 0.15) is 10.5 Å². The van der Waals surface area contributed by atoms with Crippen LogP contribution in [0.15, 0.2) is 12.1 Å². The van der Waals surface area contributed by atoms with E-state index in [1.165, 1.54) is 7.11 Å². The molecule has 2 aromatic rings. The van der Waals surface area contributed by atoms with Crippen molar-refractivity contribution in [3.8, 4) is 17.0 Å². The highest BCUT2D eigenvalue weighted by molar-refractivity contribution is 6.35. The van der Waals surface area contributed by atoms with Crippen LogP contribution in [0.4, 0.5) is 14.5 Å². The van der Waals surface area contributed by atoms with Gasteiger partial charge in [-0.1, -0.05) is 23.2 Å². The number of hydrogen-bond donors (Lipinski definition) is 2. The molecule has 1 aromatic carbocycles. The van der Waals surface area contributed by atoms with Crippen molar-refractivity contribution in [1.82, 2.24) is 4.98 Å². The summed E-state index contributed by atoms with van der Waals surface area (Å²) in [7, 11) is 1.28. The van der Waals surface area contributed by atoms with Crippen LogP contribution in [0.5, 0.6) is 5.75 Å². The zero-order valence-electron chi connectivity index (χ0n) is 11.0. The third-order valence-corrected chi connectivity index (χ3v) is 3.49. The Balaban J connectivity index is 2.80. The Morgan fingerprint density at radius 2 is 2.00 bits per heavy atom. The molecule has 0 amide bonds. The maximum Gasteiger partial charge on any atom is 0.356 e. The van der Waals surface area contributed by atoms with Gasteiger partial charge in [0.2, 0.25) is 0 Å². The van der Waals surface area contributed by atoms with Crippen LogP contribution in [0, 0.1) is 11.6 Å². The van der Waals surface area contributed by atoms with Gasteiger partial charge in [0.1, 0.15) is 17.3 Å². The number of halogens is 4. The summed E-state index contributed by atoms with van der Waals surface area (Å²) < 4.78 is 33.1. The van der Waals surface area contributed by atoms with E-state index in [-0.39, 0.29) is 16.3 Å². The Labute approximate surface area is 133 Å². The van der Waals surface area contributed by atoms with E-state index in [0.717, 1.165) is 12.1 Å². The molecule has 0 aliphatic carbocycles. The van der Waals surface area contributed by atoms with E-state index in [4.69, 9.17) is 38.8 Å². The first-order valence-electron chi connectivity index (χ1n) is 5.69. The molecule has 0 aliphatic heterocycles. The summed E-state index contributed by atoms with van der Waals surface area (Å²) in [6, 6.07) is 1.98. The lowest BCUT2D eigenvalue weighted by molar-refractivity contribution is 0.0691. The summed E-state index contributed by atoms with van der Waals surface area (Å²) in [5, 5.41) is 8.40. The smallest absolute Gasteiger partial charge is 0.356 e. The number of aromatic carboxylic acids is 1. The lowest BCUT2D eigenvalue weighted by Gasteiger charge is -2.12. The largest absolute Gasteiger partial charge is 0.495 e. The van der Waals surface area contributed by atoms with Crippen LogP contribution in [0.2, 0.25) is 10.0 Å². The van der Waals surface area contributed by atoms with Crippen LogP contribution in [0.25, 0.3) is 11.3 Å². The van der Waals surface area contributed by atoms with Gasteiger partial charge in [-0.2, -0.15) is 0 Å². The van der Waals surface area contributed by atoms with E-state index < -0.39 is 39.7 Å². The van der Waals surface area contributed by atoms with Crippen molar-refractivity contribution >= 4 is 34.9 Å². The van der Waals surface area contributed by atoms with Crippen LogP contribution in [-0.4, -0.2) is 23.2 Å². The number of rotatable bonds is 3. The number of anilines is 1. The fourth-order valence-electron chi connectivity index (χ4n) is 1.75. The molecule has 0 bridgehead atoms. The monoisotopic (exact) mass is 348 g/mol. The van der Waals surface area contributed by atoms with Crippen LogP contribution >= 0.6 is 23.2 Å². The summed E-state index contributed by atoms with van der Waals surface area (Å²) in [6.45, 7) is 0. The summed E-state index contributed by atoms with van der Waals surface area (Å²) in [5.74, 6) is -3.53. The number of ether oxygens (including phenoxy) is 1. The van der Waals surface area contributed by atoms with Gasteiger partial charge in [-0.05, 0) is 12.1 Å². The lowest BCUT2D eigenvalue weighted by atomic mass is 10.1. The average Bonchev–Trinajstić information content (AvgIpc) is 2.46. The molecule has 0 radical (unpaired) electrons. The predicted molar refractivity (Wildman–Crippen MR) is 77.5 cm³/mol. The van der Waals surface area contributed by atoms with Gasteiger partial charge < -0.3 is 15.6 Å². The second-order valence-corrected chi connectivity index (χ2v) is 4.91. The van der Waals surface area contributed by atoms with Gasteiger partial charge in [0.25, 0.3) is 0 Å². The second kappa shape index (κ2) is 5.94. The minimum atomic E-state index is -1.53. The highest BCUT2D eigenvalue weighted by atomic mass is 35.5. The Hall–Kier alpha value is -2.12. The molecule has 1 aromatic heterocycles. The quantitative estimate of drug-likeness (QED) is 0.884. The maximum absolute atomic E-state index is 14.2. The van der Waals surface area contributed by atoms with Crippen LogP contribution in [0.3, 0.4) is 0 Å². The highest BCUT2D eigenvalue weighted by Gasteiger charge is 2.24. The molecule has 0 saturated heterocycles. The zero-order valence-corrected chi connectivity index (χ0v) is 12.5. The number of benzene rings is 1. The predicted octanol–water partition coefficient (Wildman–Crippen LogP) is 3.62. The van der Waals surface area contributed by atoms with E-state index in [1.54, 1.807) is 0 Å². The van der Waals surface area contributed by atoms with Gasteiger partial charge in [0.15, 0.2) is 11.5 Å². The number of methoxy groups -OCH3 is 1. The van der Waals surface area contributed by atoms with Crippen LogP contribution in [-0.2, 0) is 0 Å². The minimum Gasteiger partial charge on any atom is -0.495 e. The fourth-order valence-corrected chi connectivity index (χ4v) is 2.18. The number of carboxylic acids is 1. The van der Waals surface area contributed by atoms with Gasteiger partial charge in [0, 0.05) is 5.56 Å². The van der Waals surface area contributed by atoms with Crippen LogP contribution < -0.4 is 10.5 Å². The fraction of sp³-hybridized carbons (Fsp3) is 0.0769. The molecule has 0 spiro atoms. The molecular weight excluding hydrogens is 341 g/mol. The first-order valence-corrected chi connectivity index (χ1v) is 6.44. The molecule has 1 heterocycles. The normalized spacial score (nSPS) is 10.6. The molecule has 116 valence electrons. The van der Waals surface area contributed by atoms with Gasteiger partial charge in [0.05, 0.1) is 22.8 Å². The molecule has 0 saturated carbocycles. The molecule has 0 fully saturated rings. The van der Waals surface area contributed by atoms with Gasteiger partial charge in [-0.25, -0.2) is 18.6 Å². The Bertz CT molecular complexity index is 785. The molecule has 3 N–H and O–H groups in total. The second-order valence-electron chi connectivity index (χ2n) is 4.12. The number of hydrogen-bond acceptors (Lipinski definition) is 4. The molecule has 0 unspecified atom stereocenters. The summed E-state index contributed by atoms with van der Waals surface area (Å²) in [4.78, 5) is 14.6. The first kappa shape index (κ1) is 16.3. The van der Waals surface area contributed by atoms with E-state index >= 15 is 0 Å². The number of nitrogens with two attached hydrogens (primary N) is 1. The van der Waals surface area contributed by atoms with E-state index in [9.17, 15) is 13.6 Å². The molecule has 0 aliphatic rings. The SMILES string of the molecule is COc1cc(-c2nc(C(=O)O)c(Cl)c(N)c2F)c(F)cc1Cl. The van der Waals surface area contributed by atoms with Gasteiger partial charge in [-0.3, -0.25) is 0 Å². The van der Waals surface area contributed by atoms with E-state index in [0.29, 0.717) is 0 Å². The molecule has 0 atom stereocenters. The minimum absolute atomic E-state index is 0.0375. The van der Waals surface area contributed by atoms with Crippen molar-refractivity contribution in [2.24, 2.45) is 0 Å². The van der Waals surface area contributed by atoms with E-state index in [2.05, 4.69) is 4.98 Å². The average molecular weight is 349 g/mol. The van der Waals surface area contributed by atoms with Crippen molar-refractivity contribution in [3.63, 3.8) is 0 Å². The van der Waals surface area contributed by atoms with E-state index in [1.807, 2.05) is 0 Å². The lowest BCUT2D eigenvalue weighted by Crippen LogP contribution is -2.09. The third-order valence-electron chi connectivity index (χ3n) is 2.81. The number of nitrogens with zero attached hydrogens (tertiary/aromatic N) is 1. The summed E-state index contributed by atoms with van der Waals surface area (Å²) >= 11 is 11.4. The maximum atomic E-state index is 14.2. The third kappa shape index (κ3) is 2.65. The Kier molecular flexibility index (Phi) is 4.39. The van der Waals surface area contributed by atoms with Crippen molar-refractivity contribution in [1.29, 1.82) is 0 Å². The summed E-state index contributed by atoms with van der Waals surface area (Å²) in [5.41, 5.74) is 3.13. The number of nitrogen functional groups attached to an aromatic ring is 1. The Morgan fingerprint density at radius 1 is 1.36 bits per heavy atom. The molecule has 9 heteroatoms. The molecular formula is C13H8Cl2F2N2O3. The van der Waals surface area contributed by atoms with Crippen molar-refractivity contribution < 1.29 is 23.4 Å². The van der Waals surface area contributed by atoms with Gasteiger partial charge >= 0.3 is 5.97 Å². The number of carboxylic acid groups (broad SMARTS) is 1. The molecule has 2 rings (SSSR count). The summed E-state index contributed by atoms with van der Waals surface area (Å²) in [6.07, 6.45) is 0. The van der Waals surface area contributed by atoms with Crippen molar-refractivity contribution in [2.75, 3.05) is 12.8 Å². The topological polar surface area (TPSA) is 85.4 Å². The zero-order chi connectivity index (χ0) is 16.6. The van der Waals surface area contributed by atoms with Crippen molar-refractivity contribution in [3.05, 3.63) is 39.5 Å². The van der Waals surface area contributed by atoms with Crippen molar-refractivity contribution in [2.45, 2.75) is 0 Å². The Morgan fingerprint density at radius 3 is 2.55 bits per heavy atom. The standard InChI is InChI=1S/C13H8Cl2F2N2O3/c1-22-7-2-4(6(16)3-5(7)14)11-9(17)10(18)8(15)12(19-11)13(20)21/h2-3H,1H3,(H2,18,19)(H,20,21). The number of pyridine rings is 1. The number of carbonyl (C=O) groups is 1. The highest BCUT2D eigenvalue weighted by Crippen LogP contribution is 2.37. The number of aromatic nitrogens is 1.